The molecule has 2 fully saturated rings. The summed E-state index contributed by atoms with van der Waals surface area (Å²) in [5.41, 5.74) is 6.22. The average molecular weight is 367 g/mol. The number of sulfonamides is 1. The van der Waals surface area contributed by atoms with Crippen LogP contribution < -0.4 is 10.5 Å². The van der Waals surface area contributed by atoms with Crippen LogP contribution in [0.1, 0.15) is 29.6 Å². The highest BCUT2D eigenvalue weighted by atomic mass is 32.2. The van der Waals surface area contributed by atoms with Crippen molar-refractivity contribution in [2.75, 3.05) is 32.8 Å². The number of likely N-dealkylation sites (tertiary alicyclic amines) is 1. The SMILES string of the molecule is N[C@@H]1CCN(C(=O)c2cccc(S(=O)(=O)NCC3CCOCC3)c2)C1. The third-order valence-corrected chi connectivity index (χ3v) is 6.23. The number of nitrogens with one attached hydrogen (secondary N) is 1. The van der Waals surface area contributed by atoms with Gasteiger partial charge in [-0.2, -0.15) is 0 Å². The lowest BCUT2D eigenvalue weighted by Gasteiger charge is -2.22. The van der Waals surface area contributed by atoms with Gasteiger partial charge in [0.1, 0.15) is 0 Å². The van der Waals surface area contributed by atoms with Gasteiger partial charge in [-0.15, -0.1) is 0 Å². The molecule has 0 unspecified atom stereocenters. The van der Waals surface area contributed by atoms with Gasteiger partial charge < -0.3 is 15.4 Å². The molecule has 2 heterocycles. The van der Waals surface area contributed by atoms with Crippen LogP contribution in [0.5, 0.6) is 0 Å². The number of benzene rings is 1. The summed E-state index contributed by atoms with van der Waals surface area (Å²) in [5, 5.41) is 0. The lowest BCUT2D eigenvalue weighted by molar-refractivity contribution is 0.0678. The summed E-state index contributed by atoms with van der Waals surface area (Å²) in [6.07, 6.45) is 2.49. The van der Waals surface area contributed by atoms with Crippen LogP contribution in [0.15, 0.2) is 29.2 Å². The quantitative estimate of drug-likeness (QED) is 0.792. The molecule has 2 saturated heterocycles. The van der Waals surface area contributed by atoms with Crippen molar-refractivity contribution < 1.29 is 17.9 Å². The zero-order valence-electron chi connectivity index (χ0n) is 14.2. The van der Waals surface area contributed by atoms with Crippen molar-refractivity contribution in [3.05, 3.63) is 29.8 Å². The van der Waals surface area contributed by atoms with E-state index in [0.29, 0.717) is 44.3 Å². The second-order valence-electron chi connectivity index (χ2n) is 6.74. The van der Waals surface area contributed by atoms with Crippen molar-refractivity contribution in [1.29, 1.82) is 0 Å². The number of ether oxygens (including phenoxy) is 1. The minimum atomic E-state index is -3.64. The van der Waals surface area contributed by atoms with Crippen LogP contribution in [0.3, 0.4) is 0 Å². The molecule has 2 aliphatic rings. The third kappa shape index (κ3) is 4.58. The molecule has 1 aromatic carbocycles. The standard InChI is InChI=1S/C17H25N3O4S/c18-15-4-7-20(12-15)17(21)14-2-1-3-16(10-14)25(22,23)19-11-13-5-8-24-9-6-13/h1-3,10,13,15,19H,4-9,11-12,18H2/t15-/m1/s1. The molecule has 8 heteroatoms. The van der Waals surface area contributed by atoms with E-state index in [-0.39, 0.29) is 16.8 Å². The van der Waals surface area contributed by atoms with Crippen molar-refractivity contribution in [1.82, 2.24) is 9.62 Å². The largest absolute Gasteiger partial charge is 0.381 e. The third-order valence-electron chi connectivity index (χ3n) is 4.81. The van der Waals surface area contributed by atoms with Gasteiger partial charge in [-0.25, -0.2) is 13.1 Å². The minimum Gasteiger partial charge on any atom is -0.381 e. The van der Waals surface area contributed by atoms with Gasteiger partial charge in [0, 0.05) is 44.5 Å². The van der Waals surface area contributed by atoms with Gasteiger partial charge >= 0.3 is 0 Å². The number of nitrogens with two attached hydrogens (primary N) is 1. The molecule has 0 saturated carbocycles. The number of carbonyl (C=O) groups excluding carboxylic acids is 1. The van der Waals surface area contributed by atoms with E-state index < -0.39 is 10.0 Å². The fraction of sp³-hybridized carbons (Fsp3) is 0.588. The Balaban J connectivity index is 1.68. The van der Waals surface area contributed by atoms with Crippen LogP contribution in [0, 0.1) is 5.92 Å². The van der Waals surface area contributed by atoms with E-state index in [1.54, 1.807) is 17.0 Å². The molecule has 138 valence electrons. The number of hydrogen-bond acceptors (Lipinski definition) is 5. The molecule has 0 aromatic heterocycles. The van der Waals surface area contributed by atoms with Gasteiger partial charge in [-0.05, 0) is 43.4 Å². The number of hydrogen-bond donors (Lipinski definition) is 2. The molecule has 2 aliphatic heterocycles. The Morgan fingerprint density at radius 1 is 1.28 bits per heavy atom. The summed E-state index contributed by atoms with van der Waals surface area (Å²) in [5.74, 6) is 0.119. The maximum atomic E-state index is 12.5. The Morgan fingerprint density at radius 3 is 2.72 bits per heavy atom. The molecule has 25 heavy (non-hydrogen) atoms. The summed E-state index contributed by atoms with van der Waals surface area (Å²) in [6, 6.07) is 6.20. The van der Waals surface area contributed by atoms with Crippen LogP contribution >= 0.6 is 0 Å². The molecule has 0 radical (unpaired) electrons. The van der Waals surface area contributed by atoms with Crippen molar-refractivity contribution in [2.45, 2.75) is 30.2 Å². The predicted molar refractivity (Wildman–Crippen MR) is 93.7 cm³/mol. The molecule has 1 atom stereocenters. The average Bonchev–Trinajstić information content (AvgIpc) is 3.07. The van der Waals surface area contributed by atoms with E-state index >= 15 is 0 Å². The molecular formula is C17H25N3O4S. The number of nitrogens with zero attached hydrogens (tertiary/aromatic N) is 1. The highest BCUT2D eigenvalue weighted by molar-refractivity contribution is 7.89. The highest BCUT2D eigenvalue weighted by Crippen LogP contribution is 2.18. The number of amides is 1. The molecule has 3 rings (SSSR count). The summed E-state index contributed by atoms with van der Waals surface area (Å²) in [7, 11) is -3.64. The highest BCUT2D eigenvalue weighted by Gasteiger charge is 2.26. The Labute approximate surface area is 148 Å². The van der Waals surface area contributed by atoms with Crippen LogP contribution in [-0.4, -0.2) is 58.1 Å². The maximum Gasteiger partial charge on any atom is 0.253 e. The van der Waals surface area contributed by atoms with Gasteiger partial charge in [0.25, 0.3) is 5.91 Å². The molecule has 0 spiro atoms. The summed E-state index contributed by atoms with van der Waals surface area (Å²) in [4.78, 5) is 14.3. The summed E-state index contributed by atoms with van der Waals surface area (Å²) >= 11 is 0. The van der Waals surface area contributed by atoms with Crippen molar-refractivity contribution >= 4 is 15.9 Å². The topological polar surface area (TPSA) is 102 Å². The number of rotatable bonds is 5. The van der Waals surface area contributed by atoms with E-state index in [0.717, 1.165) is 19.3 Å². The molecule has 0 bridgehead atoms. The van der Waals surface area contributed by atoms with E-state index in [1.165, 1.54) is 12.1 Å². The fourth-order valence-electron chi connectivity index (χ4n) is 3.21. The number of carbonyl (C=O) groups is 1. The van der Waals surface area contributed by atoms with E-state index in [4.69, 9.17) is 10.5 Å². The van der Waals surface area contributed by atoms with E-state index in [1.807, 2.05) is 0 Å². The second kappa shape index (κ2) is 7.82. The first-order valence-corrected chi connectivity index (χ1v) is 10.2. The van der Waals surface area contributed by atoms with Crippen molar-refractivity contribution in [3.8, 4) is 0 Å². The summed E-state index contributed by atoms with van der Waals surface area (Å²) < 4.78 is 33.0. The monoisotopic (exact) mass is 367 g/mol. The molecule has 7 nitrogen and oxygen atoms in total. The van der Waals surface area contributed by atoms with Crippen LogP contribution in [0.4, 0.5) is 0 Å². The zero-order valence-corrected chi connectivity index (χ0v) is 15.0. The van der Waals surface area contributed by atoms with Crippen molar-refractivity contribution in [2.24, 2.45) is 11.7 Å². The van der Waals surface area contributed by atoms with E-state index in [2.05, 4.69) is 4.72 Å². The van der Waals surface area contributed by atoms with Gasteiger partial charge in [-0.3, -0.25) is 4.79 Å². The Morgan fingerprint density at radius 2 is 2.04 bits per heavy atom. The van der Waals surface area contributed by atoms with Crippen LogP contribution in [0.25, 0.3) is 0 Å². The molecule has 0 aliphatic carbocycles. The zero-order chi connectivity index (χ0) is 17.9. The molecular weight excluding hydrogens is 342 g/mol. The maximum absolute atomic E-state index is 12.5. The lowest BCUT2D eigenvalue weighted by Crippen LogP contribution is -2.33. The smallest absolute Gasteiger partial charge is 0.253 e. The Kier molecular flexibility index (Phi) is 5.73. The molecule has 3 N–H and O–H groups in total. The summed E-state index contributed by atoms with van der Waals surface area (Å²) in [6.45, 7) is 2.87. The molecule has 1 aromatic rings. The Hall–Kier alpha value is -1.48. The minimum absolute atomic E-state index is 0.00277. The fourth-order valence-corrected chi connectivity index (χ4v) is 4.37. The first kappa shape index (κ1) is 18.3. The van der Waals surface area contributed by atoms with Gasteiger partial charge in [0.05, 0.1) is 4.90 Å². The van der Waals surface area contributed by atoms with Crippen molar-refractivity contribution in [3.63, 3.8) is 0 Å². The molecule has 1 amide bonds. The van der Waals surface area contributed by atoms with Gasteiger partial charge in [0.15, 0.2) is 0 Å². The predicted octanol–water partition coefficient (Wildman–Crippen LogP) is 0.565. The Bertz CT molecular complexity index is 716. The first-order chi connectivity index (χ1) is 12.0. The van der Waals surface area contributed by atoms with Gasteiger partial charge in [-0.1, -0.05) is 6.07 Å². The second-order valence-corrected chi connectivity index (χ2v) is 8.50. The van der Waals surface area contributed by atoms with E-state index in [9.17, 15) is 13.2 Å². The lowest BCUT2D eigenvalue weighted by atomic mass is 10.0. The first-order valence-electron chi connectivity index (χ1n) is 8.68. The van der Waals surface area contributed by atoms with Crippen LogP contribution in [0.2, 0.25) is 0 Å². The van der Waals surface area contributed by atoms with Crippen LogP contribution in [-0.2, 0) is 14.8 Å². The normalized spacial score (nSPS) is 22.3. The van der Waals surface area contributed by atoms with Gasteiger partial charge in [0.2, 0.25) is 10.0 Å².